The monoisotopic (exact) mass is 416 g/mol. The van der Waals surface area contributed by atoms with Crippen molar-refractivity contribution in [2.45, 2.75) is 40.2 Å². The molecule has 0 fully saturated rings. The number of carbonyl (C=O) groups is 1. The Kier molecular flexibility index (Phi) is 5.35. The summed E-state index contributed by atoms with van der Waals surface area (Å²) < 4.78 is 3.70. The van der Waals surface area contributed by atoms with E-state index >= 15 is 0 Å². The van der Waals surface area contributed by atoms with E-state index in [-0.39, 0.29) is 11.9 Å². The Morgan fingerprint density at radius 3 is 2.48 bits per heavy atom. The van der Waals surface area contributed by atoms with Gasteiger partial charge < -0.3 is 5.32 Å². The van der Waals surface area contributed by atoms with E-state index in [0.717, 1.165) is 45.7 Å². The maximum absolute atomic E-state index is 13.3. The van der Waals surface area contributed by atoms with Gasteiger partial charge in [0.05, 0.1) is 28.7 Å². The molecule has 0 radical (unpaired) electrons. The number of para-hydroxylation sites is 1. The molecular formula is C24H28N6O. The Morgan fingerprint density at radius 1 is 1.10 bits per heavy atom. The number of rotatable bonds is 5. The zero-order valence-corrected chi connectivity index (χ0v) is 18.9. The van der Waals surface area contributed by atoms with E-state index in [1.54, 1.807) is 6.20 Å². The summed E-state index contributed by atoms with van der Waals surface area (Å²) in [6.45, 7) is 8.09. The third kappa shape index (κ3) is 3.83. The van der Waals surface area contributed by atoms with Gasteiger partial charge in [-0.05, 0) is 51.8 Å². The molecule has 3 heterocycles. The fourth-order valence-electron chi connectivity index (χ4n) is 4.02. The van der Waals surface area contributed by atoms with E-state index < -0.39 is 0 Å². The average Bonchev–Trinajstić information content (AvgIpc) is 3.19. The lowest BCUT2D eigenvalue weighted by Gasteiger charge is -2.16. The molecule has 31 heavy (non-hydrogen) atoms. The number of aryl methyl sites for hydroxylation is 3. The highest BCUT2D eigenvalue weighted by Gasteiger charge is 2.19. The summed E-state index contributed by atoms with van der Waals surface area (Å²) in [5, 5.41) is 12.8. The fraction of sp³-hybridized carbons (Fsp3) is 0.333. The molecule has 0 saturated carbocycles. The summed E-state index contributed by atoms with van der Waals surface area (Å²) in [7, 11) is 3.84. The molecule has 7 nitrogen and oxygen atoms in total. The first-order chi connectivity index (χ1) is 14.8. The highest BCUT2D eigenvalue weighted by molar-refractivity contribution is 6.07. The van der Waals surface area contributed by atoms with E-state index in [9.17, 15) is 4.79 Å². The second-order valence-electron chi connectivity index (χ2n) is 8.19. The minimum atomic E-state index is -0.104. The van der Waals surface area contributed by atoms with E-state index in [1.807, 2.05) is 74.6 Å². The van der Waals surface area contributed by atoms with Gasteiger partial charge in [0.1, 0.15) is 0 Å². The summed E-state index contributed by atoms with van der Waals surface area (Å²) >= 11 is 0. The van der Waals surface area contributed by atoms with Crippen LogP contribution in [-0.2, 0) is 20.5 Å². The topological polar surface area (TPSA) is 77.6 Å². The summed E-state index contributed by atoms with van der Waals surface area (Å²) in [4.78, 5) is 18.1. The number of nitrogens with one attached hydrogen (secondary N) is 1. The van der Waals surface area contributed by atoms with E-state index in [0.29, 0.717) is 5.56 Å². The number of fused-ring (bicyclic) bond motifs is 1. The first-order valence-corrected chi connectivity index (χ1v) is 10.4. The highest BCUT2D eigenvalue weighted by atomic mass is 16.1. The molecule has 0 bridgehead atoms. The number of nitrogens with zero attached hydrogens (tertiary/aromatic N) is 5. The number of benzene rings is 1. The van der Waals surface area contributed by atoms with Crippen molar-refractivity contribution in [2.24, 2.45) is 14.1 Å². The lowest BCUT2D eigenvalue weighted by molar-refractivity contribution is 0.0941. The fourth-order valence-corrected chi connectivity index (χ4v) is 4.02. The molecule has 4 aromatic rings. The minimum absolute atomic E-state index is 0.0374. The molecule has 0 saturated heterocycles. The maximum Gasteiger partial charge on any atom is 0.252 e. The van der Waals surface area contributed by atoms with E-state index in [1.165, 1.54) is 5.56 Å². The normalized spacial score (nSPS) is 12.3. The standard InChI is InChI=1S/C24H28N6O/c1-14(11-19-15(2)28-30(6)16(19)3)26-24(31)20-12-23(21-13-25-29(5)17(21)4)27-22-10-8-7-9-18(20)22/h7-10,12-14H,11H2,1-6H3,(H,26,31)/t14-/m1/s1. The number of hydrogen-bond donors (Lipinski definition) is 1. The van der Waals surface area contributed by atoms with E-state index in [4.69, 9.17) is 4.98 Å². The van der Waals surface area contributed by atoms with Gasteiger partial charge in [-0.1, -0.05) is 18.2 Å². The second kappa shape index (κ2) is 7.98. The van der Waals surface area contributed by atoms with Gasteiger partial charge >= 0.3 is 0 Å². The zero-order chi connectivity index (χ0) is 22.3. The zero-order valence-electron chi connectivity index (χ0n) is 18.9. The molecule has 0 aliphatic heterocycles. The molecule has 1 N–H and O–H groups in total. The molecule has 3 aromatic heterocycles. The molecule has 160 valence electrons. The smallest absolute Gasteiger partial charge is 0.252 e. The van der Waals surface area contributed by atoms with Crippen LogP contribution in [0.5, 0.6) is 0 Å². The van der Waals surface area contributed by atoms with Crippen molar-refractivity contribution >= 4 is 16.8 Å². The quantitative estimate of drug-likeness (QED) is 0.539. The van der Waals surface area contributed by atoms with Crippen LogP contribution >= 0.6 is 0 Å². The van der Waals surface area contributed by atoms with Crippen LogP contribution in [0.25, 0.3) is 22.2 Å². The molecule has 4 rings (SSSR count). The Labute approximate surface area is 182 Å². The van der Waals surface area contributed by atoms with Crippen LogP contribution in [0.4, 0.5) is 0 Å². The first-order valence-electron chi connectivity index (χ1n) is 10.4. The maximum atomic E-state index is 13.3. The lowest BCUT2D eigenvalue weighted by atomic mass is 10.0. The van der Waals surface area contributed by atoms with Crippen LogP contribution < -0.4 is 5.32 Å². The molecule has 0 aliphatic rings. The molecule has 1 amide bonds. The van der Waals surface area contributed by atoms with Crippen LogP contribution in [0.2, 0.25) is 0 Å². The van der Waals surface area contributed by atoms with Crippen molar-refractivity contribution in [3.8, 4) is 11.3 Å². The van der Waals surface area contributed by atoms with Gasteiger partial charge in [-0.25, -0.2) is 4.98 Å². The Balaban J connectivity index is 1.67. The van der Waals surface area contributed by atoms with Gasteiger partial charge in [0, 0.05) is 42.5 Å². The summed E-state index contributed by atoms with van der Waals surface area (Å²) in [5.41, 5.74) is 7.41. The van der Waals surface area contributed by atoms with Crippen molar-refractivity contribution in [2.75, 3.05) is 0 Å². The Bertz CT molecular complexity index is 1280. The lowest BCUT2D eigenvalue weighted by Crippen LogP contribution is -2.34. The van der Waals surface area contributed by atoms with Gasteiger partial charge in [0.2, 0.25) is 0 Å². The predicted octanol–water partition coefficient (Wildman–Crippen LogP) is 3.66. The van der Waals surface area contributed by atoms with Crippen LogP contribution in [0, 0.1) is 20.8 Å². The average molecular weight is 417 g/mol. The third-order valence-electron chi connectivity index (χ3n) is 6.02. The van der Waals surface area contributed by atoms with Gasteiger partial charge in [0.15, 0.2) is 0 Å². The van der Waals surface area contributed by atoms with Gasteiger partial charge in [-0.2, -0.15) is 10.2 Å². The number of carbonyl (C=O) groups excluding carboxylic acids is 1. The SMILES string of the molecule is Cc1nn(C)c(C)c1C[C@@H](C)NC(=O)c1cc(-c2cnn(C)c2C)nc2ccccc12. The van der Waals surface area contributed by atoms with Crippen molar-refractivity contribution in [1.82, 2.24) is 29.9 Å². The minimum Gasteiger partial charge on any atom is -0.349 e. The molecule has 7 heteroatoms. The van der Waals surface area contributed by atoms with Gasteiger partial charge in [0.25, 0.3) is 5.91 Å². The van der Waals surface area contributed by atoms with Crippen molar-refractivity contribution < 1.29 is 4.79 Å². The van der Waals surface area contributed by atoms with Crippen LogP contribution in [-0.4, -0.2) is 36.5 Å². The summed E-state index contributed by atoms with van der Waals surface area (Å²) in [6.07, 6.45) is 2.53. The Hall–Kier alpha value is -3.48. The molecule has 0 unspecified atom stereocenters. The molecule has 1 aromatic carbocycles. The van der Waals surface area contributed by atoms with Crippen LogP contribution in [0.1, 0.15) is 39.9 Å². The number of pyridine rings is 1. The predicted molar refractivity (Wildman–Crippen MR) is 122 cm³/mol. The number of aromatic nitrogens is 5. The molecule has 0 spiro atoms. The highest BCUT2D eigenvalue weighted by Crippen LogP contribution is 2.27. The number of hydrogen-bond acceptors (Lipinski definition) is 4. The van der Waals surface area contributed by atoms with Crippen LogP contribution in [0.15, 0.2) is 36.5 Å². The number of amides is 1. The Morgan fingerprint density at radius 2 is 1.84 bits per heavy atom. The van der Waals surface area contributed by atoms with Gasteiger partial charge in [-0.15, -0.1) is 0 Å². The molecule has 1 atom stereocenters. The second-order valence-corrected chi connectivity index (χ2v) is 8.19. The largest absolute Gasteiger partial charge is 0.349 e. The first kappa shape index (κ1) is 20.8. The third-order valence-corrected chi connectivity index (χ3v) is 6.02. The summed E-state index contributed by atoms with van der Waals surface area (Å²) in [5.74, 6) is -0.104. The summed E-state index contributed by atoms with van der Waals surface area (Å²) in [6, 6.07) is 9.58. The molecular weight excluding hydrogens is 388 g/mol. The molecule has 0 aliphatic carbocycles. The van der Waals surface area contributed by atoms with Crippen molar-refractivity contribution in [3.05, 3.63) is 64.7 Å². The van der Waals surface area contributed by atoms with Crippen molar-refractivity contribution in [3.63, 3.8) is 0 Å². The van der Waals surface area contributed by atoms with Crippen molar-refractivity contribution in [1.29, 1.82) is 0 Å². The van der Waals surface area contributed by atoms with E-state index in [2.05, 4.69) is 22.4 Å². The van der Waals surface area contributed by atoms with Gasteiger partial charge in [-0.3, -0.25) is 14.2 Å². The van der Waals surface area contributed by atoms with Crippen LogP contribution in [0.3, 0.4) is 0 Å².